The van der Waals surface area contributed by atoms with Crippen LogP contribution in [0.1, 0.15) is 44.7 Å². The molecule has 0 radical (unpaired) electrons. The highest BCUT2D eigenvalue weighted by Crippen LogP contribution is 2.33. The molecule has 1 aromatic rings. The van der Waals surface area contributed by atoms with Crippen molar-refractivity contribution < 1.29 is 0 Å². The van der Waals surface area contributed by atoms with Crippen LogP contribution in [0.5, 0.6) is 0 Å². The maximum atomic E-state index is 6.26. The predicted molar refractivity (Wildman–Crippen MR) is 77.0 cm³/mol. The molecule has 3 heteroatoms. The number of rotatable bonds is 6. The van der Waals surface area contributed by atoms with E-state index in [-0.39, 0.29) is 6.04 Å². The van der Waals surface area contributed by atoms with Gasteiger partial charge in [-0.3, -0.25) is 0 Å². The molecule has 96 valence electrons. The third kappa shape index (κ3) is 4.17. The summed E-state index contributed by atoms with van der Waals surface area (Å²) in [4.78, 5) is 0. The van der Waals surface area contributed by atoms with Crippen LogP contribution in [0.25, 0.3) is 0 Å². The lowest BCUT2D eigenvalue weighted by Gasteiger charge is -2.22. The predicted octanol–water partition coefficient (Wildman–Crippen LogP) is 5.08. The highest BCUT2D eigenvalue weighted by atomic mass is 35.5. The van der Waals surface area contributed by atoms with Gasteiger partial charge in [0.1, 0.15) is 0 Å². The fraction of sp³-hybridized carbons (Fsp3) is 0.571. The Kier molecular flexibility index (Phi) is 6.32. The van der Waals surface area contributed by atoms with Crippen molar-refractivity contribution in [1.82, 2.24) is 5.32 Å². The molecular weight excluding hydrogens is 253 g/mol. The Morgan fingerprint density at radius 2 is 2.00 bits per heavy atom. The first-order chi connectivity index (χ1) is 8.10. The molecule has 0 saturated heterocycles. The maximum absolute atomic E-state index is 6.26. The van der Waals surface area contributed by atoms with Crippen molar-refractivity contribution in [3.05, 3.63) is 33.8 Å². The van der Waals surface area contributed by atoms with Crippen LogP contribution in [-0.4, -0.2) is 7.05 Å². The molecule has 0 amide bonds. The lowest BCUT2D eigenvalue weighted by molar-refractivity contribution is 0.407. The van der Waals surface area contributed by atoms with Gasteiger partial charge in [0.25, 0.3) is 0 Å². The van der Waals surface area contributed by atoms with E-state index >= 15 is 0 Å². The monoisotopic (exact) mass is 273 g/mol. The molecule has 0 aliphatic heterocycles. The van der Waals surface area contributed by atoms with E-state index in [0.717, 1.165) is 12.0 Å². The van der Waals surface area contributed by atoms with Gasteiger partial charge < -0.3 is 5.32 Å². The molecule has 0 aliphatic carbocycles. The van der Waals surface area contributed by atoms with Gasteiger partial charge in [-0.15, -0.1) is 0 Å². The lowest BCUT2D eigenvalue weighted by atomic mass is 9.93. The quantitative estimate of drug-likeness (QED) is 0.762. The van der Waals surface area contributed by atoms with Crippen molar-refractivity contribution in [2.45, 2.75) is 39.2 Å². The molecule has 1 rings (SSSR count). The Morgan fingerprint density at radius 3 is 2.59 bits per heavy atom. The fourth-order valence-corrected chi connectivity index (χ4v) is 2.64. The Balaban J connectivity index is 2.82. The zero-order chi connectivity index (χ0) is 12.8. The normalized spacial score (nSPS) is 14.6. The van der Waals surface area contributed by atoms with Crippen LogP contribution in [0.3, 0.4) is 0 Å². The van der Waals surface area contributed by atoms with Gasteiger partial charge in [0.05, 0.1) is 10.0 Å². The van der Waals surface area contributed by atoms with Crippen molar-refractivity contribution in [1.29, 1.82) is 0 Å². The van der Waals surface area contributed by atoms with E-state index in [0.29, 0.717) is 16.0 Å². The van der Waals surface area contributed by atoms with Gasteiger partial charge in [-0.05, 0) is 31.0 Å². The fourth-order valence-electron chi connectivity index (χ4n) is 2.20. The van der Waals surface area contributed by atoms with E-state index in [1.54, 1.807) is 0 Å². The molecule has 0 aliphatic rings. The third-order valence-electron chi connectivity index (χ3n) is 3.12. The number of hydrogen-bond donors (Lipinski definition) is 1. The standard InChI is InChI=1S/C14H21Cl2N/c1-4-6-10(2)9-13(17-3)11-7-5-8-12(15)14(11)16/h5,7-8,10,13,17H,4,6,9H2,1-3H3. The van der Waals surface area contributed by atoms with Crippen molar-refractivity contribution >= 4 is 23.2 Å². The van der Waals surface area contributed by atoms with Gasteiger partial charge in [-0.2, -0.15) is 0 Å². The van der Waals surface area contributed by atoms with Crippen molar-refractivity contribution in [3.8, 4) is 0 Å². The van der Waals surface area contributed by atoms with Gasteiger partial charge in [0.2, 0.25) is 0 Å². The number of benzene rings is 1. The minimum atomic E-state index is 0.280. The average molecular weight is 274 g/mol. The average Bonchev–Trinajstić information content (AvgIpc) is 2.30. The smallest absolute Gasteiger partial charge is 0.0640 e. The molecule has 1 aromatic carbocycles. The molecular formula is C14H21Cl2N. The van der Waals surface area contributed by atoms with E-state index in [4.69, 9.17) is 23.2 Å². The summed E-state index contributed by atoms with van der Waals surface area (Å²) >= 11 is 12.3. The van der Waals surface area contributed by atoms with Crippen LogP contribution >= 0.6 is 23.2 Å². The molecule has 1 nitrogen and oxygen atoms in total. The highest BCUT2D eigenvalue weighted by molar-refractivity contribution is 6.42. The number of halogens is 2. The van der Waals surface area contributed by atoms with Gasteiger partial charge in [0, 0.05) is 6.04 Å². The van der Waals surface area contributed by atoms with E-state index in [1.165, 1.54) is 12.8 Å². The summed E-state index contributed by atoms with van der Waals surface area (Å²) in [5, 5.41) is 4.64. The Bertz CT molecular complexity index is 352. The minimum Gasteiger partial charge on any atom is -0.313 e. The summed E-state index contributed by atoms with van der Waals surface area (Å²) in [6.07, 6.45) is 3.56. The van der Waals surface area contributed by atoms with Gasteiger partial charge in [-0.1, -0.05) is 62.0 Å². The van der Waals surface area contributed by atoms with Crippen LogP contribution in [0.4, 0.5) is 0 Å². The van der Waals surface area contributed by atoms with Crippen molar-refractivity contribution in [3.63, 3.8) is 0 Å². The summed E-state index contributed by atoms with van der Waals surface area (Å²) in [5.74, 6) is 0.687. The molecule has 0 aromatic heterocycles. The highest BCUT2D eigenvalue weighted by Gasteiger charge is 2.17. The van der Waals surface area contributed by atoms with Crippen LogP contribution in [0.2, 0.25) is 10.0 Å². The van der Waals surface area contributed by atoms with Crippen LogP contribution in [0, 0.1) is 5.92 Å². The molecule has 0 saturated carbocycles. The van der Waals surface area contributed by atoms with E-state index in [2.05, 4.69) is 19.2 Å². The molecule has 0 spiro atoms. The van der Waals surface area contributed by atoms with E-state index in [9.17, 15) is 0 Å². The first-order valence-electron chi connectivity index (χ1n) is 6.21. The summed E-state index contributed by atoms with van der Waals surface area (Å²) in [6.45, 7) is 4.50. The number of nitrogens with one attached hydrogen (secondary N) is 1. The first kappa shape index (κ1) is 14.8. The molecule has 2 atom stereocenters. The molecule has 0 bridgehead atoms. The van der Waals surface area contributed by atoms with Gasteiger partial charge in [-0.25, -0.2) is 0 Å². The minimum absolute atomic E-state index is 0.280. The van der Waals surface area contributed by atoms with Crippen LogP contribution in [-0.2, 0) is 0 Å². The van der Waals surface area contributed by atoms with E-state index in [1.807, 2.05) is 25.2 Å². The second-order valence-electron chi connectivity index (χ2n) is 4.61. The Labute approximate surface area is 115 Å². The van der Waals surface area contributed by atoms with E-state index < -0.39 is 0 Å². The van der Waals surface area contributed by atoms with Gasteiger partial charge >= 0.3 is 0 Å². The lowest BCUT2D eigenvalue weighted by Crippen LogP contribution is -2.19. The summed E-state index contributed by atoms with van der Waals surface area (Å²) in [5.41, 5.74) is 1.10. The summed E-state index contributed by atoms with van der Waals surface area (Å²) < 4.78 is 0. The zero-order valence-electron chi connectivity index (χ0n) is 10.8. The molecule has 17 heavy (non-hydrogen) atoms. The molecule has 2 unspecified atom stereocenters. The summed E-state index contributed by atoms with van der Waals surface area (Å²) in [7, 11) is 1.97. The third-order valence-corrected chi connectivity index (χ3v) is 3.96. The van der Waals surface area contributed by atoms with Crippen LogP contribution < -0.4 is 5.32 Å². The SMILES string of the molecule is CCCC(C)CC(NC)c1cccc(Cl)c1Cl. The van der Waals surface area contributed by atoms with Gasteiger partial charge in [0.15, 0.2) is 0 Å². The maximum Gasteiger partial charge on any atom is 0.0640 e. The topological polar surface area (TPSA) is 12.0 Å². The molecule has 0 fully saturated rings. The second kappa shape index (κ2) is 7.25. The zero-order valence-corrected chi connectivity index (χ0v) is 12.3. The second-order valence-corrected chi connectivity index (χ2v) is 5.40. The largest absolute Gasteiger partial charge is 0.313 e. The van der Waals surface area contributed by atoms with Crippen molar-refractivity contribution in [2.75, 3.05) is 7.05 Å². The first-order valence-corrected chi connectivity index (χ1v) is 6.96. The summed E-state index contributed by atoms with van der Waals surface area (Å²) in [6, 6.07) is 6.12. The Morgan fingerprint density at radius 1 is 1.29 bits per heavy atom. The number of hydrogen-bond acceptors (Lipinski definition) is 1. The van der Waals surface area contributed by atoms with Crippen molar-refractivity contribution in [2.24, 2.45) is 5.92 Å². The molecule has 0 heterocycles. The Hall–Kier alpha value is -0.240. The molecule has 1 N–H and O–H groups in total. The van der Waals surface area contributed by atoms with Crippen LogP contribution in [0.15, 0.2) is 18.2 Å².